The highest BCUT2D eigenvalue weighted by atomic mass is 16.3. The second-order valence-electron chi connectivity index (χ2n) is 6.38. The predicted octanol–water partition coefficient (Wildman–Crippen LogP) is 1.56. The Morgan fingerprint density at radius 3 is 2.50 bits per heavy atom. The maximum atomic E-state index is 13.0. The Balaban J connectivity index is 2.05. The fourth-order valence-electron chi connectivity index (χ4n) is 2.96. The van der Waals surface area contributed by atoms with E-state index in [4.69, 9.17) is 0 Å². The number of nitrogens with zero attached hydrogens (tertiary/aromatic N) is 2. The van der Waals surface area contributed by atoms with Crippen LogP contribution >= 0.6 is 0 Å². The van der Waals surface area contributed by atoms with Gasteiger partial charge in [0.2, 0.25) is 0 Å². The van der Waals surface area contributed by atoms with Crippen LogP contribution < -0.4 is 15.5 Å². The molecule has 1 unspecified atom stereocenters. The van der Waals surface area contributed by atoms with Gasteiger partial charge in [0.15, 0.2) is 0 Å². The monoisotopic (exact) mass is 354 g/mol. The Hall–Kier alpha value is -2.90. The van der Waals surface area contributed by atoms with Crippen LogP contribution in [0.25, 0.3) is 0 Å². The van der Waals surface area contributed by atoms with Gasteiger partial charge in [-0.3, -0.25) is 9.69 Å². The molecule has 7 nitrogen and oxygen atoms in total. The van der Waals surface area contributed by atoms with E-state index in [1.54, 1.807) is 54.6 Å². The lowest BCUT2D eigenvalue weighted by atomic mass is 9.95. The molecular formula is C19H22N4O3. The molecule has 3 N–H and O–H groups in total. The van der Waals surface area contributed by atoms with E-state index in [1.807, 2.05) is 19.0 Å². The van der Waals surface area contributed by atoms with Crippen molar-refractivity contribution < 1.29 is 14.7 Å². The van der Waals surface area contributed by atoms with E-state index in [0.29, 0.717) is 30.0 Å². The molecule has 7 heteroatoms. The highest BCUT2D eigenvalue weighted by Crippen LogP contribution is 2.39. The number of anilines is 2. The molecule has 0 aliphatic carbocycles. The maximum Gasteiger partial charge on any atom is 0.329 e. The first-order chi connectivity index (χ1) is 12.4. The number of carbonyl (C=O) groups is 2. The third kappa shape index (κ3) is 3.14. The van der Waals surface area contributed by atoms with Crippen molar-refractivity contribution >= 4 is 23.3 Å². The van der Waals surface area contributed by atoms with Crippen molar-refractivity contribution in [3.05, 3.63) is 60.2 Å². The van der Waals surface area contributed by atoms with Gasteiger partial charge in [-0.15, -0.1) is 0 Å². The molecule has 0 spiro atoms. The molecule has 136 valence electrons. The number of hydrogen-bond acceptors (Lipinski definition) is 4. The summed E-state index contributed by atoms with van der Waals surface area (Å²) in [6, 6.07) is 14.8. The van der Waals surface area contributed by atoms with Crippen molar-refractivity contribution in [2.75, 3.05) is 37.4 Å². The molecule has 2 aromatic carbocycles. The zero-order chi connectivity index (χ0) is 18.7. The Morgan fingerprint density at radius 2 is 1.81 bits per heavy atom. The normalized spacial score (nSPS) is 19.1. The third-order valence-electron chi connectivity index (χ3n) is 4.25. The van der Waals surface area contributed by atoms with Crippen LogP contribution in [0.3, 0.4) is 0 Å². The van der Waals surface area contributed by atoms with Crippen molar-refractivity contribution in [1.29, 1.82) is 0 Å². The Bertz CT molecular complexity index is 809. The summed E-state index contributed by atoms with van der Waals surface area (Å²) in [5, 5.41) is 16.9. The first-order valence-electron chi connectivity index (χ1n) is 8.35. The van der Waals surface area contributed by atoms with Crippen molar-refractivity contribution in [3.8, 4) is 0 Å². The average molecular weight is 354 g/mol. The Morgan fingerprint density at radius 1 is 1.15 bits per heavy atom. The van der Waals surface area contributed by atoms with Crippen molar-refractivity contribution in [2.45, 2.75) is 5.72 Å². The summed E-state index contributed by atoms with van der Waals surface area (Å²) in [5.41, 5.74) is -0.988. The third-order valence-corrected chi connectivity index (χ3v) is 4.25. The van der Waals surface area contributed by atoms with Crippen molar-refractivity contribution in [1.82, 2.24) is 10.2 Å². The number of fused-ring (bicyclic) bond motifs is 1. The molecule has 0 fully saturated rings. The molecule has 0 aromatic heterocycles. The van der Waals surface area contributed by atoms with E-state index in [-0.39, 0.29) is 0 Å². The molecule has 0 radical (unpaired) electrons. The number of para-hydroxylation sites is 2. The molecular weight excluding hydrogens is 332 g/mol. The number of amides is 3. The minimum atomic E-state index is -2.15. The number of urea groups is 1. The molecule has 1 aliphatic rings. The summed E-state index contributed by atoms with van der Waals surface area (Å²) in [4.78, 5) is 28.7. The van der Waals surface area contributed by atoms with Crippen LogP contribution in [-0.4, -0.2) is 49.1 Å². The van der Waals surface area contributed by atoms with E-state index in [2.05, 4.69) is 10.6 Å². The second kappa shape index (κ2) is 7.15. The van der Waals surface area contributed by atoms with Gasteiger partial charge in [-0.2, -0.15) is 0 Å². The number of benzene rings is 2. The highest BCUT2D eigenvalue weighted by Gasteiger charge is 2.51. The largest absolute Gasteiger partial charge is 0.359 e. The standard InChI is InChI=1S/C19H22N4O3/c1-22(2)13-12-20-17(24)19(26)15-10-6-7-11-16(15)21-18(25)23(19)14-8-4-3-5-9-14/h3-11,26H,12-13H2,1-2H3,(H,20,24)(H,21,25). The number of hydrogen-bond donors (Lipinski definition) is 3. The van der Waals surface area contributed by atoms with Gasteiger partial charge >= 0.3 is 6.03 Å². The SMILES string of the molecule is CN(C)CCNC(=O)C1(O)c2ccccc2NC(=O)N1c1ccccc1. The van der Waals surface area contributed by atoms with Gasteiger partial charge in [-0.05, 0) is 32.3 Å². The molecule has 26 heavy (non-hydrogen) atoms. The molecule has 2 aromatic rings. The summed E-state index contributed by atoms with van der Waals surface area (Å²) in [6.07, 6.45) is 0. The number of carbonyl (C=O) groups excluding carboxylic acids is 2. The summed E-state index contributed by atoms with van der Waals surface area (Å²) in [6.45, 7) is 0.960. The van der Waals surface area contributed by atoms with Crippen LogP contribution in [-0.2, 0) is 10.5 Å². The van der Waals surface area contributed by atoms with Gasteiger partial charge in [-0.1, -0.05) is 36.4 Å². The van der Waals surface area contributed by atoms with Gasteiger partial charge in [0, 0.05) is 24.3 Å². The molecule has 1 heterocycles. The van der Waals surface area contributed by atoms with Crippen molar-refractivity contribution in [2.24, 2.45) is 0 Å². The Labute approximate surface area is 152 Å². The van der Waals surface area contributed by atoms with Crippen LogP contribution in [0.1, 0.15) is 5.56 Å². The van der Waals surface area contributed by atoms with E-state index in [1.165, 1.54) is 0 Å². The summed E-state index contributed by atoms with van der Waals surface area (Å²) < 4.78 is 0. The highest BCUT2D eigenvalue weighted by molar-refractivity contribution is 6.11. The van der Waals surface area contributed by atoms with Gasteiger partial charge < -0.3 is 20.6 Å². The number of likely N-dealkylation sites (N-methyl/N-ethyl adjacent to an activating group) is 1. The predicted molar refractivity (Wildman–Crippen MR) is 99.8 cm³/mol. The van der Waals surface area contributed by atoms with Crippen LogP contribution in [0.2, 0.25) is 0 Å². The average Bonchev–Trinajstić information content (AvgIpc) is 2.62. The number of nitrogens with one attached hydrogen (secondary N) is 2. The quantitative estimate of drug-likeness (QED) is 0.761. The van der Waals surface area contributed by atoms with Crippen molar-refractivity contribution in [3.63, 3.8) is 0 Å². The molecule has 1 aliphatic heterocycles. The van der Waals surface area contributed by atoms with Gasteiger partial charge in [0.1, 0.15) is 0 Å². The van der Waals surface area contributed by atoms with Gasteiger partial charge in [0.05, 0.1) is 5.69 Å². The molecule has 3 amide bonds. The Kier molecular flexibility index (Phi) is 4.92. The molecule has 0 bridgehead atoms. The minimum absolute atomic E-state index is 0.325. The maximum absolute atomic E-state index is 13.0. The number of rotatable bonds is 5. The number of aliphatic hydroxyl groups is 1. The smallest absolute Gasteiger partial charge is 0.329 e. The summed E-state index contributed by atoms with van der Waals surface area (Å²) in [5.74, 6) is -0.648. The molecule has 0 saturated heterocycles. The van der Waals surface area contributed by atoms with Gasteiger partial charge in [0.25, 0.3) is 11.6 Å². The van der Waals surface area contributed by atoms with E-state index >= 15 is 0 Å². The first-order valence-corrected chi connectivity index (χ1v) is 8.35. The topological polar surface area (TPSA) is 84.9 Å². The first kappa shape index (κ1) is 17.9. The van der Waals surface area contributed by atoms with Crippen LogP contribution in [0.5, 0.6) is 0 Å². The lowest BCUT2D eigenvalue weighted by Crippen LogP contribution is -2.62. The van der Waals surface area contributed by atoms with E-state index < -0.39 is 17.7 Å². The molecule has 0 saturated carbocycles. The lowest BCUT2D eigenvalue weighted by Gasteiger charge is -2.42. The fraction of sp³-hybridized carbons (Fsp3) is 0.263. The van der Waals surface area contributed by atoms with E-state index in [0.717, 1.165) is 4.90 Å². The zero-order valence-corrected chi connectivity index (χ0v) is 14.8. The fourth-order valence-corrected chi connectivity index (χ4v) is 2.96. The second-order valence-corrected chi connectivity index (χ2v) is 6.38. The van der Waals surface area contributed by atoms with Gasteiger partial charge in [-0.25, -0.2) is 4.79 Å². The van der Waals surface area contributed by atoms with Crippen LogP contribution in [0.15, 0.2) is 54.6 Å². The van der Waals surface area contributed by atoms with Crippen LogP contribution in [0.4, 0.5) is 16.2 Å². The lowest BCUT2D eigenvalue weighted by molar-refractivity contribution is -0.140. The van der Waals surface area contributed by atoms with E-state index in [9.17, 15) is 14.7 Å². The molecule has 1 atom stereocenters. The van der Waals surface area contributed by atoms with Crippen LogP contribution in [0, 0.1) is 0 Å². The minimum Gasteiger partial charge on any atom is -0.359 e. The molecule has 3 rings (SSSR count). The summed E-state index contributed by atoms with van der Waals surface area (Å²) in [7, 11) is 3.78. The summed E-state index contributed by atoms with van der Waals surface area (Å²) >= 11 is 0. The zero-order valence-electron chi connectivity index (χ0n) is 14.8.